The first-order valence-electron chi connectivity index (χ1n) is 7.06. The van der Waals surface area contributed by atoms with Gasteiger partial charge in [0.2, 0.25) is 0 Å². The Morgan fingerprint density at radius 1 is 1.30 bits per heavy atom. The van der Waals surface area contributed by atoms with Crippen LogP contribution < -0.4 is 5.32 Å². The molecule has 0 heterocycles. The van der Waals surface area contributed by atoms with Crippen molar-refractivity contribution in [3.8, 4) is 0 Å². The van der Waals surface area contributed by atoms with Crippen LogP contribution in [0.4, 0.5) is 4.39 Å². The molecule has 1 N–H and O–H groups in total. The van der Waals surface area contributed by atoms with Crippen molar-refractivity contribution < 1.29 is 13.9 Å². The number of rotatable bonds is 7. The van der Waals surface area contributed by atoms with Crippen LogP contribution in [0.3, 0.4) is 0 Å². The van der Waals surface area contributed by atoms with Gasteiger partial charge in [-0.2, -0.15) is 0 Å². The van der Waals surface area contributed by atoms with E-state index < -0.39 is 6.04 Å². The molecule has 0 aromatic heterocycles. The summed E-state index contributed by atoms with van der Waals surface area (Å²) < 4.78 is 18.0. The second-order valence-corrected chi connectivity index (χ2v) is 5.52. The van der Waals surface area contributed by atoms with E-state index in [-0.39, 0.29) is 17.3 Å². The number of esters is 1. The minimum absolute atomic E-state index is 0.155. The van der Waals surface area contributed by atoms with Crippen molar-refractivity contribution in [1.29, 1.82) is 0 Å². The molecule has 0 amide bonds. The number of carbonyl (C=O) groups excluding carboxylic acids is 1. The molecule has 0 bridgehead atoms. The third-order valence-electron chi connectivity index (χ3n) is 3.37. The zero-order valence-electron chi connectivity index (χ0n) is 12.7. The van der Waals surface area contributed by atoms with Crippen LogP contribution in [0, 0.1) is 5.82 Å². The Labute approximate surface area is 120 Å². The smallest absolute Gasteiger partial charge is 0.323 e. The first-order valence-corrected chi connectivity index (χ1v) is 7.06. The van der Waals surface area contributed by atoms with Crippen molar-refractivity contribution in [3.05, 3.63) is 35.6 Å². The summed E-state index contributed by atoms with van der Waals surface area (Å²) in [6.07, 6.45) is 1.38. The van der Waals surface area contributed by atoms with Gasteiger partial charge in [0.25, 0.3) is 0 Å². The normalized spacial score (nSPS) is 13.1. The lowest BCUT2D eigenvalue weighted by Crippen LogP contribution is -2.50. The third kappa shape index (κ3) is 5.29. The molecule has 1 rings (SSSR count). The molecule has 0 spiro atoms. The van der Waals surface area contributed by atoms with Crippen LogP contribution in [0.2, 0.25) is 0 Å². The molecular weight excluding hydrogens is 257 g/mol. The quantitative estimate of drug-likeness (QED) is 0.781. The summed E-state index contributed by atoms with van der Waals surface area (Å²) in [6, 6.07) is 5.78. The fraction of sp³-hybridized carbons (Fsp3) is 0.562. The Morgan fingerprint density at radius 2 is 1.90 bits per heavy atom. The van der Waals surface area contributed by atoms with Gasteiger partial charge in [-0.05, 0) is 51.3 Å². The van der Waals surface area contributed by atoms with Crippen molar-refractivity contribution >= 4 is 5.97 Å². The number of ether oxygens (including phenoxy) is 1. The van der Waals surface area contributed by atoms with E-state index in [0.29, 0.717) is 13.0 Å². The van der Waals surface area contributed by atoms with Gasteiger partial charge in [0.05, 0.1) is 6.61 Å². The van der Waals surface area contributed by atoms with Crippen LogP contribution in [0.1, 0.15) is 39.7 Å². The second-order valence-electron chi connectivity index (χ2n) is 5.52. The van der Waals surface area contributed by atoms with E-state index in [0.717, 1.165) is 12.0 Å². The zero-order valence-corrected chi connectivity index (χ0v) is 12.7. The molecule has 0 saturated carbocycles. The van der Waals surface area contributed by atoms with Crippen LogP contribution in [-0.4, -0.2) is 24.2 Å². The summed E-state index contributed by atoms with van der Waals surface area (Å²) in [5.74, 6) is -0.540. The van der Waals surface area contributed by atoms with E-state index in [1.807, 2.05) is 13.8 Å². The maximum absolute atomic E-state index is 12.9. The molecule has 3 nitrogen and oxygen atoms in total. The van der Waals surface area contributed by atoms with E-state index in [4.69, 9.17) is 4.74 Å². The van der Waals surface area contributed by atoms with Gasteiger partial charge >= 0.3 is 5.97 Å². The summed E-state index contributed by atoms with van der Waals surface area (Å²) in [7, 11) is 0. The molecule has 1 atom stereocenters. The maximum Gasteiger partial charge on any atom is 0.323 e. The van der Waals surface area contributed by atoms with Gasteiger partial charge in [-0.1, -0.05) is 19.1 Å². The lowest BCUT2D eigenvalue weighted by atomic mass is 9.97. The lowest BCUT2D eigenvalue weighted by molar-refractivity contribution is -0.146. The second kappa shape index (κ2) is 7.39. The highest BCUT2D eigenvalue weighted by Gasteiger charge is 2.26. The Hall–Kier alpha value is -1.42. The van der Waals surface area contributed by atoms with Crippen LogP contribution in [0.15, 0.2) is 24.3 Å². The minimum atomic E-state index is -0.421. The van der Waals surface area contributed by atoms with Crippen LogP contribution in [0.5, 0.6) is 0 Å². The van der Waals surface area contributed by atoms with Crippen molar-refractivity contribution in [3.63, 3.8) is 0 Å². The molecule has 1 aromatic rings. The van der Waals surface area contributed by atoms with Crippen LogP contribution in [-0.2, 0) is 16.0 Å². The third-order valence-corrected chi connectivity index (χ3v) is 3.37. The maximum atomic E-state index is 12.9. The molecule has 0 aliphatic carbocycles. The van der Waals surface area contributed by atoms with Gasteiger partial charge in [0, 0.05) is 5.54 Å². The number of hydrogen-bond donors (Lipinski definition) is 1. The largest absolute Gasteiger partial charge is 0.465 e. The predicted octanol–water partition coefficient (Wildman–Crippen LogP) is 3.08. The zero-order chi connectivity index (χ0) is 15.2. The van der Waals surface area contributed by atoms with E-state index in [2.05, 4.69) is 12.2 Å². The molecule has 0 aliphatic heterocycles. The van der Waals surface area contributed by atoms with Gasteiger partial charge in [0.15, 0.2) is 0 Å². The van der Waals surface area contributed by atoms with Crippen molar-refractivity contribution in [2.75, 3.05) is 6.61 Å². The predicted molar refractivity (Wildman–Crippen MR) is 78.0 cm³/mol. The summed E-state index contributed by atoms with van der Waals surface area (Å²) in [4.78, 5) is 12.0. The standard InChI is InChI=1S/C16H24FNO2/c1-5-16(3,4)18-14(15(19)20-6-2)11-12-7-9-13(17)10-8-12/h7-10,14,18H,5-6,11H2,1-4H3/t14-/m0/s1. The van der Waals surface area contributed by atoms with Crippen LogP contribution in [0.25, 0.3) is 0 Å². The van der Waals surface area contributed by atoms with Gasteiger partial charge < -0.3 is 4.74 Å². The van der Waals surface area contributed by atoms with Gasteiger partial charge in [-0.15, -0.1) is 0 Å². The van der Waals surface area contributed by atoms with E-state index in [9.17, 15) is 9.18 Å². The fourth-order valence-corrected chi connectivity index (χ4v) is 1.87. The monoisotopic (exact) mass is 281 g/mol. The molecule has 0 fully saturated rings. The Kier molecular flexibility index (Phi) is 6.14. The van der Waals surface area contributed by atoms with Crippen molar-refractivity contribution in [2.45, 2.75) is 52.1 Å². The first-order chi connectivity index (χ1) is 9.38. The highest BCUT2D eigenvalue weighted by atomic mass is 19.1. The Morgan fingerprint density at radius 3 is 2.40 bits per heavy atom. The summed E-state index contributed by atoms with van der Waals surface area (Å²) in [5, 5.41) is 3.32. The first kappa shape index (κ1) is 16.6. The van der Waals surface area contributed by atoms with Gasteiger partial charge in [-0.3, -0.25) is 10.1 Å². The Balaban J connectivity index is 2.81. The van der Waals surface area contributed by atoms with Crippen molar-refractivity contribution in [2.24, 2.45) is 0 Å². The number of halogens is 1. The molecular formula is C16H24FNO2. The fourth-order valence-electron chi connectivity index (χ4n) is 1.87. The SMILES string of the molecule is CCOC(=O)[C@H](Cc1ccc(F)cc1)NC(C)(C)CC. The number of benzene rings is 1. The summed E-state index contributed by atoms with van der Waals surface area (Å²) in [6.45, 7) is 8.30. The number of carbonyl (C=O) groups is 1. The summed E-state index contributed by atoms with van der Waals surface area (Å²) in [5.41, 5.74) is 0.751. The molecule has 20 heavy (non-hydrogen) atoms. The average Bonchev–Trinajstić information content (AvgIpc) is 2.40. The Bertz CT molecular complexity index is 429. The molecule has 0 radical (unpaired) electrons. The average molecular weight is 281 g/mol. The highest BCUT2D eigenvalue weighted by Crippen LogP contribution is 2.13. The molecule has 0 aliphatic rings. The lowest BCUT2D eigenvalue weighted by Gasteiger charge is -2.30. The van der Waals surface area contributed by atoms with Gasteiger partial charge in [0.1, 0.15) is 11.9 Å². The number of hydrogen-bond acceptors (Lipinski definition) is 3. The van der Waals surface area contributed by atoms with E-state index in [1.165, 1.54) is 12.1 Å². The number of nitrogens with one attached hydrogen (secondary N) is 1. The molecule has 4 heteroatoms. The van der Waals surface area contributed by atoms with E-state index in [1.54, 1.807) is 19.1 Å². The minimum Gasteiger partial charge on any atom is -0.465 e. The molecule has 112 valence electrons. The van der Waals surface area contributed by atoms with Crippen molar-refractivity contribution in [1.82, 2.24) is 5.32 Å². The van der Waals surface area contributed by atoms with Gasteiger partial charge in [-0.25, -0.2) is 4.39 Å². The van der Waals surface area contributed by atoms with Crippen LogP contribution >= 0.6 is 0 Å². The van der Waals surface area contributed by atoms with E-state index >= 15 is 0 Å². The molecule has 1 aromatic carbocycles. The molecule has 0 saturated heterocycles. The summed E-state index contributed by atoms with van der Waals surface area (Å²) >= 11 is 0. The molecule has 0 unspecified atom stereocenters. The highest BCUT2D eigenvalue weighted by molar-refractivity contribution is 5.76. The topological polar surface area (TPSA) is 38.3 Å².